The van der Waals surface area contributed by atoms with E-state index in [4.69, 9.17) is 9.47 Å². The quantitative estimate of drug-likeness (QED) is 0.332. The number of unbranched alkanes of at least 4 members (excludes halogenated alkanes) is 2. The Labute approximate surface area is 143 Å². The second kappa shape index (κ2) is 8.56. The summed E-state index contributed by atoms with van der Waals surface area (Å²) < 4.78 is 10.6. The summed E-state index contributed by atoms with van der Waals surface area (Å²) in [6.45, 7) is 5.66. The summed E-state index contributed by atoms with van der Waals surface area (Å²) in [6, 6.07) is 0. The van der Waals surface area contributed by atoms with Gasteiger partial charge in [-0.1, -0.05) is 29.8 Å². The zero-order chi connectivity index (χ0) is 16.0. The predicted octanol–water partition coefficient (Wildman–Crippen LogP) is 5.56. The van der Waals surface area contributed by atoms with E-state index in [-0.39, 0.29) is 5.41 Å². The van der Waals surface area contributed by atoms with Crippen molar-refractivity contribution in [2.75, 3.05) is 18.5 Å². The smallest absolute Gasteiger partial charge is 0.434 e. The van der Waals surface area contributed by atoms with Gasteiger partial charge < -0.3 is 9.47 Å². The SMILES string of the molecule is CC1CC2CC(C1)CC(C)(COC(=O)OCCCCCBr)C2. The Kier molecular flexibility index (Phi) is 7.04. The molecular formula is C18H31BrO3. The van der Waals surface area contributed by atoms with Gasteiger partial charge in [-0.05, 0) is 69.1 Å². The molecule has 0 aliphatic heterocycles. The molecular weight excluding hydrogens is 344 g/mol. The first-order valence-corrected chi connectivity index (χ1v) is 9.98. The van der Waals surface area contributed by atoms with Crippen molar-refractivity contribution in [1.29, 1.82) is 0 Å². The maximum absolute atomic E-state index is 11.7. The van der Waals surface area contributed by atoms with Crippen LogP contribution in [-0.4, -0.2) is 24.7 Å². The van der Waals surface area contributed by atoms with Crippen molar-refractivity contribution >= 4 is 22.1 Å². The second-order valence-corrected chi connectivity index (χ2v) is 8.69. The lowest BCUT2D eigenvalue weighted by Crippen LogP contribution is -2.39. The number of hydrogen-bond donors (Lipinski definition) is 0. The third-order valence-corrected chi connectivity index (χ3v) is 5.80. The van der Waals surface area contributed by atoms with Crippen LogP contribution in [0.25, 0.3) is 0 Å². The monoisotopic (exact) mass is 374 g/mol. The largest absolute Gasteiger partial charge is 0.508 e. The number of carbonyl (C=O) groups is 1. The first-order valence-electron chi connectivity index (χ1n) is 8.86. The molecule has 0 aromatic heterocycles. The van der Waals surface area contributed by atoms with Crippen LogP contribution in [0, 0.1) is 23.2 Å². The third kappa shape index (κ3) is 5.75. The van der Waals surface area contributed by atoms with Crippen LogP contribution in [0.1, 0.15) is 65.2 Å². The van der Waals surface area contributed by atoms with Gasteiger partial charge in [-0.25, -0.2) is 4.79 Å². The van der Waals surface area contributed by atoms with Crippen LogP contribution in [0.4, 0.5) is 4.79 Å². The summed E-state index contributed by atoms with van der Waals surface area (Å²) >= 11 is 3.40. The van der Waals surface area contributed by atoms with E-state index in [1.165, 1.54) is 32.1 Å². The molecule has 3 nitrogen and oxygen atoms in total. The van der Waals surface area contributed by atoms with E-state index in [1.807, 2.05) is 0 Å². The second-order valence-electron chi connectivity index (χ2n) is 7.90. The van der Waals surface area contributed by atoms with Crippen molar-refractivity contribution in [3.63, 3.8) is 0 Å². The molecule has 0 N–H and O–H groups in total. The number of carbonyl (C=O) groups excluding carboxylic acids is 1. The summed E-state index contributed by atoms with van der Waals surface area (Å²) in [5, 5.41) is 1.01. The van der Waals surface area contributed by atoms with E-state index < -0.39 is 6.16 Å². The number of ether oxygens (including phenoxy) is 2. The molecule has 128 valence electrons. The Morgan fingerprint density at radius 2 is 1.77 bits per heavy atom. The first kappa shape index (κ1) is 18.1. The van der Waals surface area contributed by atoms with Crippen LogP contribution in [0.3, 0.4) is 0 Å². The van der Waals surface area contributed by atoms with E-state index in [9.17, 15) is 4.79 Å². The maximum atomic E-state index is 11.7. The van der Waals surface area contributed by atoms with Crippen LogP contribution < -0.4 is 0 Å². The van der Waals surface area contributed by atoms with Gasteiger partial charge in [0.1, 0.15) is 6.61 Å². The highest BCUT2D eigenvalue weighted by atomic mass is 79.9. The molecule has 0 spiro atoms. The van der Waals surface area contributed by atoms with Crippen LogP contribution in [0.2, 0.25) is 0 Å². The van der Waals surface area contributed by atoms with Gasteiger partial charge in [-0.3, -0.25) is 0 Å². The summed E-state index contributed by atoms with van der Waals surface area (Å²) in [6.07, 6.45) is 9.13. The zero-order valence-corrected chi connectivity index (χ0v) is 15.7. The highest BCUT2D eigenvalue weighted by Gasteiger charge is 2.41. The van der Waals surface area contributed by atoms with Gasteiger partial charge in [0.15, 0.2) is 0 Å². The van der Waals surface area contributed by atoms with Crippen molar-refractivity contribution < 1.29 is 14.3 Å². The standard InChI is InChI=1S/C18H31BrO3/c1-14-8-15-10-16(9-14)12-18(2,11-15)13-22-17(20)21-7-5-3-4-6-19/h14-16H,3-13H2,1-2H3. The molecule has 0 amide bonds. The molecule has 2 bridgehead atoms. The molecule has 0 radical (unpaired) electrons. The number of hydrogen-bond acceptors (Lipinski definition) is 3. The maximum Gasteiger partial charge on any atom is 0.508 e. The van der Waals surface area contributed by atoms with Crippen molar-refractivity contribution in [1.82, 2.24) is 0 Å². The summed E-state index contributed by atoms with van der Waals surface area (Å²) in [4.78, 5) is 11.7. The van der Waals surface area contributed by atoms with Crippen molar-refractivity contribution in [2.45, 2.75) is 65.2 Å². The number of alkyl halides is 1. The Morgan fingerprint density at radius 1 is 1.09 bits per heavy atom. The zero-order valence-electron chi connectivity index (χ0n) is 14.1. The van der Waals surface area contributed by atoms with Gasteiger partial charge in [-0.15, -0.1) is 0 Å². The molecule has 22 heavy (non-hydrogen) atoms. The fourth-order valence-electron chi connectivity index (χ4n) is 4.63. The van der Waals surface area contributed by atoms with E-state index in [0.29, 0.717) is 13.2 Å². The Balaban J connectivity index is 1.66. The molecule has 0 aromatic rings. The summed E-state index contributed by atoms with van der Waals surface area (Å²) in [5.41, 5.74) is 0.155. The number of halogens is 1. The van der Waals surface area contributed by atoms with Crippen LogP contribution in [0.5, 0.6) is 0 Å². The van der Waals surface area contributed by atoms with Crippen LogP contribution in [0.15, 0.2) is 0 Å². The molecule has 2 rings (SSSR count). The summed E-state index contributed by atoms with van der Waals surface area (Å²) in [7, 11) is 0. The van der Waals surface area contributed by atoms with Crippen LogP contribution in [-0.2, 0) is 9.47 Å². The van der Waals surface area contributed by atoms with Gasteiger partial charge in [0.05, 0.1) is 6.61 Å². The minimum atomic E-state index is -0.482. The minimum absolute atomic E-state index is 0.155. The third-order valence-electron chi connectivity index (χ3n) is 5.24. The van der Waals surface area contributed by atoms with E-state index in [1.54, 1.807) is 0 Å². The molecule has 0 heterocycles. The Bertz CT molecular complexity index is 340. The summed E-state index contributed by atoms with van der Waals surface area (Å²) in [5.74, 6) is 2.53. The molecule has 2 unspecified atom stereocenters. The molecule has 2 saturated carbocycles. The lowest BCUT2D eigenvalue weighted by molar-refractivity contribution is -0.0221. The van der Waals surface area contributed by atoms with Gasteiger partial charge in [-0.2, -0.15) is 0 Å². The van der Waals surface area contributed by atoms with Crippen molar-refractivity contribution in [3.8, 4) is 0 Å². The average Bonchev–Trinajstić information content (AvgIpc) is 2.43. The molecule has 4 heteroatoms. The van der Waals surface area contributed by atoms with E-state index in [0.717, 1.165) is 42.3 Å². The van der Waals surface area contributed by atoms with E-state index in [2.05, 4.69) is 29.8 Å². The predicted molar refractivity (Wildman–Crippen MR) is 92.3 cm³/mol. The van der Waals surface area contributed by atoms with Crippen molar-refractivity contribution in [2.24, 2.45) is 23.2 Å². The fraction of sp³-hybridized carbons (Fsp3) is 0.944. The average molecular weight is 375 g/mol. The van der Waals surface area contributed by atoms with Gasteiger partial charge >= 0.3 is 6.16 Å². The van der Waals surface area contributed by atoms with Crippen molar-refractivity contribution in [3.05, 3.63) is 0 Å². The molecule has 0 saturated heterocycles. The molecule has 0 aromatic carbocycles. The lowest BCUT2D eigenvalue weighted by atomic mass is 9.60. The highest BCUT2D eigenvalue weighted by Crippen LogP contribution is 2.50. The molecule has 2 aliphatic rings. The van der Waals surface area contributed by atoms with Gasteiger partial charge in [0.2, 0.25) is 0 Å². The van der Waals surface area contributed by atoms with Crippen LogP contribution >= 0.6 is 15.9 Å². The normalized spacial score (nSPS) is 34.2. The fourth-order valence-corrected chi connectivity index (χ4v) is 5.03. The highest BCUT2D eigenvalue weighted by molar-refractivity contribution is 9.09. The van der Waals surface area contributed by atoms with Gasteiger partial charge in [0, 0.05) is 10.7 Å². The Hall–Kier alpha value is -0.250. The Morgan fingerprint density at radius 3 is 2.41 bits per heavy atom. The molecule has 2 aliphatic carbocycles. The minimum Gasteiger partial charge on any atom is -0.434 e. The van der Waals surface area contributed by atoms with E-state index >= 15 is 0 Å². The first-order chi connectivity index (χ1) is 10.5. The molecule has 2 fully saturated rings. The number of fused-ring (bicyclic) bond motifs is 2. The lowest BCUT2D eigenvalue weighted by Gasteiger charge is -2.46. The number of rotatable bonds is 7. The topological polar surface area (TPSA) is 35.5 Å². The van der Waals surface area contributed by atoms with Gasteiger partial charge in [0.25, 0.3) is 0 Å². The molecule has 2 atom stereocenters.